The van der Waals surface area contributed by atoms with E-state index in [9.17, 15) is 4.79 Å². The van der Waals surface area contributed by atoms with Gasteiger partial charge in [-0.05, 0) is 52.9 Å². The molecule has 8 heteroatoms. The average molecular weight is 591 g/mol. The van der Waals surface area contributed by atoms with Crippen molar-refractivity contribution in [3.05, 3.63) is 114 Å². The summed E-state index contributed by atoms with van der Waals surface area (Å²) in [5.74, 6) is 0.930. The summed E-state index contributed by atoms with van der Waals surface area (Å²) in [4.78, 5) is 26.1. The van der Waals surface area contributed by atoms with Crippen LogP contribution in [0.1, 0.15) is 41.9 Å². The van der Waals surface area contributed by atoms with E-state index >= 15 is 0 Å². The Hall–Kier alpha value is -4.24. The number of carbonyl (C=O) groups excluding carboxylic acids is 1. The number of H-pyrrole nitrogens is 1. The zero-order valence-corrected chi connectivity index (χ0v) is 25.5. The second-order valence-electron chi connectivity index (χ2n) is 11.6. The zero-order chi connectivity index (χ0) is 30.1. The third kappa shape index (κ3) is 7.63. The van der Waals surface area contributed by atoms with E-state index in [0.717, 1.165) is 73.8 Å². The molecule has 0 saturated carbocycles. The van der Waals surface area contributed by atoms with Crippen molar-refractivity contribution in [1.29, 1.82) is 0 Å². The molecule has 1 unspecified atom stereocenters. The van der Waals surface area contributed by atoms with Crippen molar-refractivity contribution in [3.8, 4) is 0 Å². The molecule has 1 aliphatic heterocycles. The van der Waals surface area contributed by atoms with E-state index in [0.29, 0.717) is 19.6 Å². The first-order valence-corrected chi connectivity index (χ1v) is 15.7. The number of aromatic nitrogens is 2. The highest BCUT2D eigenvalue weighted by Gasteiger charge is 2.19. The molecule has 1 saturated heterocycles. The first kappa shape index (κ1) is 29.8. The first-order valence-electron chi connectivity index (χ1n) is 15.7. The number of aromatic amines is 1. The Bertz CT molecular complexity index is 1620. The quantitative estimate of drug-likeness (QED) is 0.166. The summed E-state index contributed by atoms with van der Waals surface area (Å²) >= 11 is 0. The van der Waals surface area contributed by atoms with Crippen LogP contribution in [0, 0.1) is 0 Å². The van der Waals surface area contributed by atoms with Gasteiger partial charge in [0.05, 0.1) is 36.8 Å². The van der Waals surface area contributed by atoms with Gasteiger partial charge in [0.25, 0.3) is 0 Å². The molecule has 8 nitrogen and oxygen atoms in total. The molecule has 0 spiro atoms. The summed E-state index contributed by atoms with van der Waals surface area (Å²) in [6.07, 6.45) is 0.917. The number of nitrogens with zero attached hydrogens (tertiary/aromatic N) is 3. The van der Waals surface area contributed by atoms with Crippen LogP contribution < -0.4 is 10.6 Å². The van der Waals surface area contributed by atoms with Gasteiger partial charge >= 0.3 is 6.03 Å². The summed E-state index contributed by atoms with van der Waals surface area (Å²) in [7, 11) is 0. The second-order valence-corrected chi connectivity index (χ2v) is 11.6. The molecule has 1 aliphatic rings. The third-order valence-corrected chi connectivity index (χ3v) is 8.38. The predicted octanol–water partition coefficient (Wildman–Crippen LogP) is 6.00. The normalized spacial score (nSPS) is 14.6. The van der Waals surface area contributed by atoms with E-state index in [1.165, 1.54) is 16.3 Å². The lowest BCUT2D eigenvalue weighted by Crippen LogP contribution is -2.43. The van der Waals surface area contributed by atoms with Crippen molar-refractivity contribution in [2.75, 3.05) is 39.4 Å². The molecule has 6 rings (SSSR count). The molecule has 5 aromatic rings. The van der Waals surface area contributed by atoms with E-state index in [4.69, 9.17) is 4.74 Å². The van der Waals surface area contributed by atoms with Crippen LogP contribution in [0.25, 0.3) is 21.8 Å². The van der Waals surface area contributed by atoms with E-state index in [1.807, 2.05) is 35.2 Å². The van der Waals surface area contributed by atoms with Gasteiger partial charge in [0.15, 0.2) is 0 Å². The van der Waals surface area contributed by atoms with Crippen molar-refractivity contribution in [3.63, 3.8) is 0 Å². The van der Waals surface area contributed by atoms with E-state index in [1.54, 1.807) is 0 Å². The molecule has 4 aromatic carbocycles. The highest BCUT2D eigenvalue weighted by atomic mass is 16.5. The standard InChI is InChI=1S/C36H42N6O2/c1-27(31-11-6-9-30-8-2-3-10-32(30)31)38-36(43)42(19-7-18-41-20-22-44-23-21-41)26-29-16-14-28(15-17-29)24-37-25-35-39-33-12-4-5-13-34(33)40-35/h2-6,8-17,27,37H,7,18-26H2,1H3,(H,38,43)(H,39,40). The maximum Gasteiger partial charge on any atom is 0.318 e. The molecule has 1 atom stereocenters. The van der Waals surface area contributed by atoms with Gasteiger partial charge in [-0.3, -0.25) is 4.90 Å². The van der Waals surface area contributed by atoms with Crippen molar-refractivity contribution in [2.45, 2.75) is 39.0 Å². The minimum atomic E-state index is -0.115. The number of urea groups is 1. The summed E-state index contributed by atoms with van der Waals surface area (Å²) in [5.41, 5.74) is 5.48. The molecule has 1 fully saturated rings. The van der Waals surface area contributed by atoms with Crippen LogP contribution in [-0.4, -0.2) is 65.2 Å². The minimum absolute atomic E-state index is 0.0380. The molecule has 1 aromatic heterocycles. The Morgan fingerprint density at radius 2 is 1.68 bits per heavy atom. The summed E-state index contributed by atoms with van der Waals surface area (Å²) in [6.45, 7) is 9.16. The van der Waals surface area contributed by atoms with E-state index < -0.39 is 0 Å². The molecule has 2 amide bonds. The van der Waals surface area contributed by atoms with Crippen LogP contribution in [0.15, 0.2) is 91.0 Å². The van der Waals surface area contributed by atoms with Gasteiger partial charge in [-0.1, -0.05) is 78.9 Å². The smallest absolute Gasteiger partial charge is 0.318 e. The lowest BCUT2D eigenvalue weighted by atomic mass is 10.00. The Morgan fingerprint density at radius 3 is 2.52 bits per heavy atom. The first-order chi connectivity index (χ1) is 21.6. The van der Waals surface area contributed by atoms with Crippen LogP contribution in [-0.2, 0) is 24.4 Å². The Kier molecular flexibility index (Phi) is 9.82. The number of carbonyl (C=O) groups is 1. The number of fused-ring (bicyclic) bond motifs is 2. The highest BCUT2D eigenvalue weighted by molar-refractivity contribution is 5.86. The number of amides is 2. The molecule has 44 heavy (non-hydrogen) atoms. The number of benzene rings is 4. The number of para-hydroxylation sites is 2. The van der Waals surface area contributed by atoms with E-state index in [2.05, 4.69) is 93.1 Å². The van der Waals surface area contributed by atoms with Crippen molar-refractivity contribution < 1.29 is 9.53 Å². The van der Waals surface area contributed by atoms with Crippen molar-refractivity contribution >= 4 is 27.8 Å². The monoisotopic (exact) mass is 590 g/mol. The maximum atomic E-state index is 13.7. The van der Waals surface area contributed by atoms with Crippen LogP contribution >= 0.6 is 0 Å². The third-order valence-electron chi connectivity index (χ3n) is 8.38. The Balaban J connectivity index is 1.07. The molecule has 3 N–H and O–H groups in total. The van der Waals surface area contributed by atoms with Crippen LogP contribution in [0.3, 0.4) is 0 Å². The van der Waals surface area contributed by atoms with Gasteiger partial charge in [-0.25, -0.2) is 9.78 Å². The minimum Gasteiger partial charge on any atom is -0.379 e. The lowest BCUT2D eigenvalue weighted by Gasteiger charge is -2.29. The average Bonchev–Trinajstić information content (AvgIpc) is 3.48. The number of rotatable bonds is 12. The van der Waals surface area contributed by atoms with Gasteiger partial charge < -0.3 is 25.3 Å². The topological polar surface area (TPSA) is 85.5 Å². The largest absolute Gasteiger partial charge is 0.379 e. The molecule has 0 radical (unpaired) electrons. The van der Waals surface area contributed by atoms with Crippen molar-refractivity contribution in [1.82, 2.24) is 30.4 Å². The fraction of sp³-hybridized carbons (Fsp3) is 0.333. The van der Waals surface area contributed by atoms with Crippen LogP contribution in [0.5, 0.6) is 0 Å². The fourth-order valence-electron chi connectivity index (χ4n) is 5.94. The number of hydrogen-bond acceptors (Lipinski definition) is 5. The van der Waals surface area contributed by atoms with Crippen molar-refractivity contribution in [2.24, 2.45) is 0 Å². The number of ether oxygens (including phenoxy) is 1. The zero-order valence-electron chi connectivity index (χ0n) is 25.5. The Morgan fingerprint density at radius 1 is 0.932 bits per heavy atom. The second kappa shape index (κ2) is 14.5. The fourth-order valence-corrected chi connectivity index (χ4v) is 5.94. The van der Waals surface area contributed by atoms with Gasteiger partial charge in [0.2, 0.25) is 0 Å². The summed E-state index contributed by atoms with van der Waals surface area (Å²) in [6, 6.07) is 31.1. The molecular formula is C36H42N6O2. The summed E-state index contributed by atoms with van der Waals surface area (Å²) < 4.78 is 5.50. The van der Waals surface area contributed by atoms with Gasteiger partial charge in [-0.2, -0.15) is 0 Å². The molecule has 0 aliphatic carbocycles. The van der Waals surface area contributed by atoms with Gasteiger partial charge in [0, 0.05) is 39.3 Å². The number of nitrogens with one attached hydrogen (secondary N) is 3. The van der Waals surface area contributed by atoms with Gasteiger partial charge in [-0.15, -0.1) is 0 Å². The van der Waals surface area contributed by atoms with Gasteiger partial charge in [0.1, 0.15) is 5.82 Å². The maximum absolute atomic E-state index is 13.7. The number of imidazole rings is 1. The number of morpholine rings is 1. The molecular weight excluding hydrogens is 548 g/mol. The molecule has 0 bridgehead atoms. The highest BCUT2D eigenvalue weighted by Crippen LogP contribution is 2.24. The Labute approximate surface area is 259 Å². The SMILES string of the molecule is CC(NC(=O)N(CCCN1CCOCC1)Cc1ccc(CNCc2nc3ccccc3[nH]2)cc1)c1cccc2ccccc12. The molecule has 2 heterocycles. The molecule has 228 valence electrons. The van der Waals surface area contributed by atoms with E-state index in [-0.39, 0.29) is 12.1 Å². The number of hydrogen-bond donors (Lipinski definition) is 3. The predicted molar refractivity (Wildman–Crippen MR) is 176 cm³/mol. The lowest BCUT2D eigenvalue weighted by molar-refractivity contribution is 0.0364. The van der Waals surface area contributed by atoms with Crippen LogP contribution in [0.4, 0.5) is 4.79 Å². The summed E-state index contributed by atoms with van der Waals surface area (Å²) in [5, 5.41) is 9.13. The van der Waals surface area contributed by atoms with Crippen LogP contribution in [0.2, 0.25) is 0 Å².